The van der Waals surface area contributed by atoms with Crippen LogP contribution >= 0.6 is 0 Å². The van der Waals surface area contributed by atoms with Crippen LogP contribution in [0.1, 0.15) is 39.0 Å². The lowest BCUT2D eigenvalue weighted by molar-refractivity contribution is -0.153. The normalized spacial score (nSPS) is 22.8. The molecule has 0 bridgehead atoms. The van der Waals surface area contributed by atoms with Crippen LogP contribution in [0.15, 0.2) is 0 Å². The van der Waals surface area contributed by atoms with E-state index in [9.17, 15) is 4.79 Å². The van der Waals surface area contributed by atoms with E-state index in [2.05, 4.69) is 0 Å². The largest absolute Gasteiger partial charge is 0.463 e. The second-order valence-electron chi connectivity index (χ2n) is 4.34. The standard InChI is InChI=1S/C12H23NO3/c1-2-5-10(8-13)12(14)16-9-11-6-3-4-7-15-11/h10-11H,2-9,13H2,1H3. The summed E-state index contributed by atoms with van der Waals surface area (Å²) in [7, 11) is 0. The number of carbonyl (C=O) groups is 1. The molecule has 0 aromatic rings. The van der Waals surface area contributed by atoms with Gasteiger partial charge in [-0.2, -0.15) is 0 Å². The molecule has 1 aliphatic heterocycles. The van der Waals surface area contributed by atoms with Gasteiger partial charge in [-0.15, -0.1) is 0 Å². The van der Waals surface area contributed by atoms with Crippen LogP contribution in [0.2, 0.25) is 0 Å². The number of hydrogen-bond acceptors (Lipinski definition) is 4. The summed E-state index contributed by atoms with van der Waals surface area (Å²) in [5.74, 6) is -0.313. The van der Waals surface area contributed by atoms with Gasteiger partial charge in [0.2, 0.25) is 0 Å². The van der Waals surface area contributed by atoms with Crippen molar-refractivity contribution in [2.24, 2.45) is 11.7 Å². The highest BCUT2D eigenvalue weighted by molar-refractivity contribution is 5.72. The molecule has 94 valence electrons. The Morgan fingerprint density at radius 3 is 2.94 bits per heavy atom. The molecule has 0 amide bonds. The zero-order valence-corrected chi connectivity index (χ0v) is 10.1. The first-order valence-electron chi connectivity index (χ1n) is 6.26. The van der Waals surface area contributed by atoms with Crippen LogP contribution in [0, 0.1) is 5.92 Å². The number of ether oxygens (including phenoxy) is 2. The van der Waals surface area contributed by atoms with E-state index in [-0.39, 0.29) is 18.0 Å². The van der Waals surface area contributed by atoms with Gasteiger partial charge in [0.25, 0.3) is 0 Å². The molecule has 16 heavy (non-hydrogen) atoms. The Hall–Kier alpha value is -0.610. The smallest absolute Gasteiger partial charge is 0.310 e. The van der Waals surface area contributed by atoms with Crippen LogP contribution in [-0.2, 0) is 14.3 Å². The van der Waals surface area contributed by atoms with Crippen molar-refractivity contribution in [1.82, 2.24) is 0 Å². The zero-order valence-electron chi connectivity index (χ0n) is 10.1. The van der Waals surface area contributed by atoms with Gasteiger partial charge in [-0.1, -0.05) is 13.3 Å². The average molecular weight is 229 g/mol. The molecule has 1 fully saturated rings. The lowest BCUT2D eigenvalue weighted by Gasteiger charge is -2.23. The molecule has 0 aromatic carbocycles. The number of hydrogen-bond donors (Lipinski definition) is 1. The van der Waals surface area contributed by atoms with Crippen LogP contribution in [0.3, 0.4) is 0 Å². The van der Waals surface area contributed by atoms with Crippen LogP contribution in [0.25, 0.3) is 0 Å². The van der Waals surface area contributed by atoms with E-state index in [1.165, 1.54) is 0 Å². The van der Waals surface area contributed by atoms with E-state index < -0.39 is 0 Å². The third-order valence-electron chi connectivity index (χ3n) is 2.94. The van der Waals surface area contributed by atoms with E-state index in [0.717, 1.165) is 38.7 Å². The molecule has 0 spiro atoms. The Morgan fingerprint density at radius 1 is 1.56 bits per heavy atom. The van der Waals surface area contributed by atoms with Gasteiger partial charge >= 0.3 is 5.97 Å². The third kappa shape index (κ3) is 4.49. The lowest BCUT2D eigenvalue weighted by atomic mass is 10.0. The average Bonchev–Trinajstić information content (AvgIpc) is 2.34. The molecule has 0 aromatic heterocycles. The molecule has 1 saturated heterocycles. The second-order valence-corrected chi connectivity index (χ2v) is 4.34. The predicted octanol–water partition coefficient (Wildman–Crippen LogP) is 1.47. The quantitative estimate of drug-likeness (QED) is 0.701. The maximum atomic E-state index is 11.6. The van der Waals surface area contributed by atoms with Gasteiger partial charge in [0, 0.05) is 13.2 Å². The minimum atomic E-state index is -0.168. The predicted molar refractivity (Wildman–Crippen MR) is 62.0 cm³/mol. The van der Waals surface area contributed by atoms with Crippen LogP contribution in [0.4, 0.5) is 0 Å². The van der Waals surface area contributed by atoms with Crippen LogP contribution in [-0.4, -0.2) is 31.8 Å². The minimum absolute atomic E-state index is 0.0951. The summed E-state index contributed by atoms with van der Waals surface area (Å²) in [5.41, 5.74) is 5.54. The summed E-state index contributed by atoms with van der Waals surface area (Å²) in [6.45, 7) is 3.59. The fourth-order valence-electron chi connectivity index (χ4n) is 1.91. The van der Waals surface area contributed by atoms with Crippen LogP contribution in [0.5, 0.6) is 0 Å². The maximum absolute atomic E-state index is 11.6. The molecule has 0 saturated carbocycles. The molecule has 2 N–H and O–H groups in total. The van der Waals surface area contributed by atoms with E-state index in [0.29, 0.717) is 13.2 Å². The molecule has 4 nitrogen and oxygen atoms in total. The molecule has 1 heterocycles. The molecule has 0 aliphatic carbocycles. The SMILES string of the molecule is CCCC(CN)C(=O)OCC1CCCCO1. The van der Waals surface area contributed by atoms with E-state index in [4.69, 9.17) is 15.2 Å². The number of esters is 1. The number of rotatable bonds is 6. The first-order valence-corrected chi connectivity index (χ1v) is 6.26. The molecule has 4 heteroatoms. The molecule has 1 rings (SSSR count). The van der Waals surface area contributed by atoms with Crippen molar-refractivity contribution in [1.29, 1.82) is 0 Å². The van der Waals surface area contributed by atoms with Gasteiger partial charge in [-0.3, -0.25) is 4.79 Å². The summed E-state index contributed by atoms with van der Waals surface area (Å²) in [6.07, 6.45) is 5.13. The fraction of sp³-hybridized carbons (Fsp3) is 0.917. The van der Waals surface area contributed by atoms with E-state index in [1.54, 1.807) is 0 Å². The van der Waals surface area contributed by atoms with Gasteiger partial charge in [0.1, 0.15) is 6.61 Å². The van der Waals surface area contributed by atoms with Crippen molar-refractivity contribution in [3.63, 3.8) is 0 Å². The zero-order chi connectivity index (χ0) is 11.8. The van der Waals surface area contributed by atoms with Gasteiger partial charge in [-0.25, -0.2) is 0 Å². The Morgan fingerprint density at radius 2 is 2.38 bits per heavy atom. The summed E-state index contributed by atoms with van der Waals surface area (Å²) < 4.78 is 10.7. The fourth-order valence-corrected chi connectivity index (χ4v) is 1.91. The molecular formula is C12H23NO3. The van der Waals surface area contributed by atoms with Gasteiger partial charge in [0.05, 0.1) is 12.0 Å². The van der Waals surface area contributed by atoms with Crippen molar-refractivity contribution in [2.75, 3.05) is 19.8 Å². The third-order valence-corrected chi connectivity index (χ3v) is 2.94. The number of carbonyl (C=O) groups excluding carboxylic acids is 1. The monoisotopic (exact) mass is 229 g/mol. The molecule has 2 unspecified atom stereocenters. The first kappa shape index (κ1) is 13.5. The maximum Gasteiger partial charge on any atom is 0.310 e. The van der Waals surface area contributed by atoms with Crippen molar-refractivity contribution < 1.29 is 14.3 Å². The summed E-state index contributed by atoms with van der Waals surface area (Å²) in [5, 5.41) is 0. The Bertz CT molecular complexity index is 202. The van der Waals surface area contributed by atoms with Crippen molar-refractivity contribution in [3.05, 3.63) is 0 Å². The van der Waals surface area contributed by atoms with E-state index >= 15 is 0 Å². The molecule has 0 radical (unpaired) electrons. The highest BCUT2D eigenvalue weighted by atomic mass is 16.6. The molecule has 1 aliphatic rings. The summed E-state index contributed by atoms with van der Waals surface area (Å²) >= 11 is 0. The highest BCUT2D eigenvalue weighted by Gasteiger charge is 2.20. The molecule has 2 atom stereocenters. The number of nitrogens with two attached hydrogens (primary N) is 1. The second kappa shape index (κ2) is 7.63. The van der Waals surface area contributed by atoms with Gasteiger partial charge in [-0.05, 0) is 25.7 Å². The molecular weight excluding hydrogens is 206 g/mol. The Balaban J connectivity index is 2.21. The first-order chi connectivity index (χ1) is 7.77. The van der Waals surface area contributed by atoms with Crippen molar-refractivity contribution in [3.8, 4) is 0 Å². The van der Waals surface area contributed by atoms with Crippen molar-refractivity contribution in [2.45, 2.75) is 45.1 Å². The lowest BCUT2D eigenvalue weighted by Crippen LogP contribution is -2.30. The van der Waals surface area contributed by atoms with E-state index in [1.807, 2.05) is 6.92 Å². The van der Waals surface area contributed by atoms with Gasteiger partial charge in [0.15, 0.2) is 0 Å². The Labute approximate surface area is 97.5 Å². The summed E-state index contributed by atoms with van der Waals surface area (Å²) in [4.78, 5) is 11.6. The van der Waals surface area contributed by atoms with Crippen molar-refractivity contribution >= 4 is 5.97 Å². The van der Waals surface area contributed by atoms with Crippen LogP contribution < -0.4 is 5.73 Å². The summed E-state index contributed by atoms with van der Waals surface area (Å²) in [6, 6.07) is 0. The minimum Gasteiger partial charge on any atom is -0.463 e. The Kier molecular flexibility index (Phi) is 6.42. The highest BCUT2D eigenvalue weighted by Crippen LogP contribution is 2.14. The topological polar surface area (TPSA) is 61.6 Å². The van der Waals surface area contributed by atoms with Gasteiger partial charge < -0.3 is 15.2 Å².